The lowest BCUT2D eigenvalue weighted by atomic mass is 9.89. The lowest BCUT2D eigenvalue weighted by Gasteiger charge is -2.35. The molecule has 2 atom stereocenters. The minimum atomic E-state index is -0.262. The van der Waals surface area contributed by atoms with Crippen LogP contribution in [0.15, 0.2) is 54.6 Å². The molecule has 4 nitrogen and oxygen atoms in total. The lowest BCUT2D eigenvalue weighted by Crippen LogP contribution is -2.49. The third-order valence-corrected chi connectivity index (χ3v) is 5.59. The molecule has 28 heavy (non-hydrogen) atoms. The topological polar surface area (TPSA) is 49.4 Å². The summed E-state index contributed by atoms with van der Waals surface area (Å²) in [4.78, 5) is 26.2. The van der Waals surface area contributed by atoms with Gasteiger partial charge in [0.25, 0.3) is 5.91 Å². The van der Waals surface area contributed by atoms with Crippen LogP contribution in [0.4, 0.5) is 4.39 Å². The van der Waals surface area contributed by atoms with Crippen molar-refractivity contribution < 1.29 is 14.0 Å². The summed E-state index contributed by atoms with van der Waals surface area (Å²) in [5.41, 5.74) is 1.77. The van der Waals surface area contributed by atoms with Crippen LogP contribution in [0.1, 0.15) is 41.6 Å². The van der Waals surface area contributed by atoms with Gasteiger partial charge in [-0.05, 0) is 61.7 Å². The monoisotopic (exact) mass is 382 g/mol. The molecule has 1 aliphatic rings. The molecule has 0 saturated carbocycles. The van der Waals surface area contributed by atoms with Crippen molar-refractivity contribution in [3.8, 4) is 0 Å². The van der Waals surface area contributed by atoms with Crippen molar-refractivity contribution in [1.29, 1.82) is 0 Å². The third-order valence-electron chi connectivity index (χ3n) is 5.59. The Morgan fingerprint density at radius 3 is 2.39 bits per heavy atom. The zero-order valence-electron chi connectivity index (χ0n) is 16.2. The molecular formula is C23H27FN2O2. The first-order chi connectivity index (χ1) is 13.6. The van der Waals surface area contributed by atoms with Crippen molar-refractivity contribution in [3.63, 3.8) is 0 Å². The highest BCUT2D eigenvalue weighted by Crippen LogP contribution is 2.28. The van der Waals surface area contributed by atoms with Crippen LogP contribution in [0.3, 0.4) is 0 Å². The van der Waals surface area contributed by atoms with Crippen LogP contribution in [0.25, 0.3) is 0 Å². The Balaban J connectivity index is 1.57. The summed E-state index contributed by atoms with van der Waals surface area (Å²) in [5.74, 6) is -0.193. The predicted octanol–water partition coefficient (Wildman–Crippen LogP) is 3.64. The fourth-order valence-corrected chi connectivity index (χ4v) is 3.74. The standard InChI is InChI=1S/C23H27FN2O2/c1-17(16-27)22(25-23(28)20-5-3-2-4-6-20)15-26-13-11-19(12-14-26)18-7-9-21(24)10-8-18/h2-10,16-17,19,22H,11-15H2,1H3,(H,25,28). The van der Waals surface area contributed by atoms with Gasteiger partial charge in [0.2, 0.25) is 0 Å². The van der Waals surface area contributed by atoms with Crippen LogP contribution in [-0.4, -0.2) is 42.8 Å². The average Bonchev–Trinajstić information content (AvgIpc) is 2.74. The van der Waals surface area contributed by atoms with Gasteiger partial charge in [0.15, 0.2) is 0 Å². The molecule has 0 radical (unpaired) electrons. The second-order valence-corrected chi connectivity index (χ2v) is 7.57. The van der Waals surface area contributed by atoms with E-state index in [1.807, 2.05) is 37.3 Å². The van der Waals surface area contributed by atoms with Crippen LogP contribution in [0.2, 0.25) is 0 Å². The summed E-state index contributed by atoms with van der Waals surface area (Å²) in [5, 5.41) is 3.03. The van der Waals surface area contributed by atoms with Gasteiger partial charge in [-0.2, -0.15) is 0 Å². The van der Waals surface area contributed by atoms with Gasteiger partial charge in [-0.3, -0.25) is 4.79 Å². The molecule has 1 aliphatic heterocycles. The molecule has 1 amide bonds. The van der Waals surface area contributed by atoms with Crippen molar-refractivity contribution in [2.24, 2.45) is 5.92 Å². The quantitative estimate of drug-likeness (QED) is 0.744. The van der Waals surface area contributed by atoms with Crippen molar-refractivity contribution in [2.45, 2.75) is 31.7 Å². The Morgan fingerprint density at radius 1 is 1.14 bits per heavy atom. The number of piperidine rings is 1. The van der Waals surface area contributed by atoms with Crippen molar-refractivity contribution in [1.82, 2.24) is 10.2 Å². The summed E-state index contributed by atoms with van der Waals surface area (Å²) in [6.45, 7) is 4.28. The number of carbonyl (C=O) groups excluding carboxylic acids is 2. The lowest BCUT2D eigenvalue weighted by molar-refractivity contribution is -0.111. The molecule has 2 aromatic rings. The first-order valence-corrected chi connectivity index (χ1v) is 9.86. The largest absolute Gasteiger partial charge is 0.347 e. The minimum absolute atomic E-state index is 0.152. The number of aldehydes is 1. The Kier molecular flexibility index (Phi) is 6.93. The van der Waals surface area contributed by atoms with E-state index in [1.54, 1.807) is 12.1 Å². The normalized spacial score (nSPS) is 17.6. The van der Waals surface area contributed by atoms with E-state index in [0.29, 0.717) is 18.0 Å². The zero-order chi connectivity index (χ0) is 19.9. The number of rotatable bonds is 7. The molecule has 0 aromatic heterocycles. The first kappa shape index (κ1) is 20.2. The molecule has 2 aromatic carbocycles. The number of carbonyl (C=O) groups is 2. The van der Waals surface area contributed by atoms with E-state index in [0.717, 1.165) is 32.2 Å². The minimum Gasteiger partial charge on any atom is -0.347 e. The van der Waals surface area contributed by atoms with E-state index in [1.165, 1.54) is 17.7 Å². The molecule has 2 unspecified atom stereocenters. The maximum absolute atomic E-state index is 13.1. The third kappa shape index (κ3) is 5.26. The van der Waals surface area contributed by atoms with Crippen LogP contribution in [0, 0.1) is 11.7 Å². The van der Waals surface area contributed by atoms with E-state index < -0.39 is 0 Å². The number of likely N-dealkylation sites (tertiary alicyclic amines) is 1. The number of nitrogens with one attached hydrogen (secondary N) is 1. The van der Waals surface area contributed by atoms with Gasteiger partial charge in [0.05, 0.1) is 6.04 Å². The molecule has 148 valence electrons. The molecular weight excluding hydrogens is 355 g/mol. The Morgan fingerprint density at radius 2 is 1.79 bits per heavy atom. The number of hydrogen-bond acceptors (Lipinski definition) is 3. The van der Waals surface area contributed by atoms with E-state index in [4.69, 9.17) is 0 Å². The maximum Gasteiger partial charge on any atom is 0.251 e. The molecule has 1 N–H and O–H groups in total. The van der Waals surface area contributed by atoms with Gasteiger partial charge in [-0.1, -0.05) is 37.3 Å². The average molecular weight is 382 g/mol. The molecule has 5 heteroatoms. The maximum atomic E-state index is 13.1. The van der Waals surface area contributed by atoms with Gasteiger partial charge in [0.1, 0.15) is 12.1 Å². The van der Waals surface area contributed by atoms with Crippen molar-refractivity contribution >= 4 is 12.2 Å². The highest BCUT2D eigenvalue weighted by atomic mass is 19.1. The van der Waals surface area contributed by atoms with Crippen molar-refractivity contribution in [2.75, 3.05) is 19.6 Å². The fraction of sp³-hybridized carbons (Fsp3) is 0.391. The van der Waals surface area contributed by atoms with Gasteiger partial charge in [0, 0.05) is 18.0 Å². The Bertz CT molecular complexity index is 771. The molecule has 1 heterocycles. The van der Waals surface area contributed by atoms with Crippen molar-refractivity contribution in [3.05, 3.63) is 71.5 Å². The molecule has 1 saturated heterocycles. The zero-order valence-corrected chi connectivity index (χ0v) is 16.2. The van der Waals surface area contributed by atoms with E-state index in [-0.39, 0.29) is 23.7 Å². The second-order valence-electron chi connectivity index (χ2n) is 7.57. The summed E-state index contributed by atoms with van der Waals surface area (Å²) < 4.78 is 13.1. The molecule has 0 aliphatic carbocycles. The van der Waals surface area contributed by atoms with Crippen LogP contribution < -0.4 is 5.32 Å². The number of benzene rings is 2. The van der Waals surface area contributed by atoms with E-state index in [2.05, 4.69) is 10.2 Å². The summed E-state index contributed by atoms with van der Waals surface area (Å²) in [7, 11) is 0. The molecule has 0 bridgehead atoms. The van der Waals surface area contributed by atoms with E-state index >= 15 is 0 Å². The first-order valence-electron chi connectivity index (χ1n) is 9.86. The Hall–Kier alpha value is -2.53. The van der Waals surface area contributed by atoms with Gasteiger partial charge in [-0.15, -0.1) is 0 Å². The highest BCUT2D eigenvalue weighted by molar-refractivity contribution is 5.94. The Labute approximate surface area is 165 Å². The highest BCUT2D eigenvalue weighted by Gasteiger charge is 2.26. The summed E-state index contributed by atoms with van der Waals surface area (Å²) in [6.07, 6.45) is 2.88. The van der Waals surface area contributed by atoms with Crippen LogP contribution in [0.5, 0.6) is 0 Å². The van der Waals surface area contributed by atoms with Crippen LogP contribution >= 0.6 is 0 Å². The number of amides is 1. The summed E-state index contributed by atoms with van der Waals surface area (Å²) in [6, 6.07) is 15.6. The summed E-state index contributed by atoms with van der Waals surface area (Å²) >= 11 is 0. The molecule has 0 spiro atoms. The van der Waals surface area contributed by atoms with E-state index in [9.17, 15) is 14.0 Å². The SMILES string of the molecule is CC(C=O)C(CN1CCC(c2ccc(F)cc2)CC1)NC(=O)c1ccccc1. The van der Waals surface area contributed by atoms with Gasteiger partial charge < -0.3 is 15.0 Å². The molecule has 1 fully saturated rings. The number of nitrogens with zero attached hydrogens (tertiary/aromatic N) is 1. The smallest absolute Gasteiger partial charge is 0.251 e. The number of halogens is 1. The predicted molar refractivity (Wildman–Crippen MR) is 108 cm³/mol. The molecule has 3 rings (SSSR count). The van der Waals surface area contributed by atoms with Gasteiger partial charge >= 0.3 is 0 Å². The number of hydrogen-bond donors (Lipinski definition) is 1. The van der Waals surface area contributed by atoms with Gasteiger partial charge in [-0.25, -0.2) is 4.39 Å². The fourth-order valence-electron chi connectivity index (χ4n) is 3.74. The second kappa shape index (κ2) is 9.60. The van der Waals surface area contributed by atoms with Crippen LogP contribution in [-0.2, 0) is 4.79 Å².